The number of hydrogen-bond acceptors (Lipinski definition) is 5. The number of nitrogens with one attached hydrogen (secondary N) is 2. The number of thiophene rings is 1. The van der Waals surface area contributed by atoms with E-state index in [1.165, 1.54) is 42.6 Å². The molecule has 2 aromatic carbocycles. The zero-order valence-electron chi connectivity index (χ0n) is 16.8. The van der Waals surface area contributed by atoms with Gasteiger partial charge in [-0.25, -0.2) is 9.11 Å². The Balaban J connectivity index is 1.79. The summed E-state index contributed by atoms with van der Waals surface area (Å²) in [4.78, 5) is 24.6. The van der Waals surface area contributed by atoms with Gasteiger partial charge in [0.15, 0.2) is 0 Å². The van der Waals surface area contributed by atoms with Crippen LogP contribution in [-0.4, -0.2) is 31.6 Å². The average molecular weight is 462 g/mol. The molecule has 0 fully saturated rings. The summed E-state index contributed by atoms with van der Waals surface area (Å²) in [6.45, 7) is 1.68. The molecule has 0 unspecified atom stereocenters. The van der Waals surface area contributed by atoms with E-state index in [9.17, 15) is 22.4 Å². The van der Waals surface area contributed by atoms with Crippen LogP contribution < -0.4 is 10.0 Å². The first-order chi connectivity index (χ1) is 14.7. The number of halogens is 1. The third kappa shape index (κ3) is 5.54. The Hall–Kier alpha value is -3.08. The van der Waals surface area contributed by atoms with Gasteiger partial charge >= 0.3 is 10.2 Å². The highest BCUT2D eigenvalue weighted by atomic mass is 32.2. The quantitative estimate of drug-likeness (QED) is 0.563. The minimum atomic E-state index is -4.13. The first-order valence-electron chi connectivity index (χ1n) is 9.13. The van der Waals surface area contributed by atoms with Crippen molar-refractivity contribution in [2.75, 3.05) is 12.4 Å². The lowest BCUT2D eigenvalue weighted by atomic mass is 10.1. The maximum Gasteiger partial charge on any atom is 0.304 e. The molecule has 0 aliphatic carbocycles. The van der Waals surface area contributed by atoms with Crippen molar-refractivity contribution in [2.45, 2.75) is 13.5 Å². The van der Waals surface area contributed by atoms with Gasteiger partial charge in [-0.1, -0.05) is 24.3 Å². The van der Waals surface area contributed by atoms with Crippen molar-refractivity contribution in [3.8, 4) is 0 Å². The van der Waals surface area contributed by atoms with Crippen LogP contribution in [0.3, 0.4) is 0 Å². The van der Waals surface area contributed by atoms with E-state index < -0.39 is 27.8 Å². The van der Waals surface area contributed by atoms with Crippen LogP contribution in [0, 0.1) is 12.7 Å². The van der Waals surface area contributed by atoms with Gasteiger partial charge in [-0.3, -0.25) is 9.59 Å². The number of nitrogens with zero attached hydrogens (tertiary/aromatic N) is 1. The fourth-order valence-corrected chi connectivity index (χ4v) is 4.21. The summed E-state index contributed by atoms with van der Waals surface area (Å²) in [5, 5.41) is 5.85. The van der Waals surface area contributed by atoms with Crippen LogP contribution in [0.2, 0.25) is 0 Å². The number of benzene rings is 2. The van der Waals surface area contributed by atoms with Gasteiger partial charge < -0.3 is 5.32 Å². The summed E-state index contributed by atoms with van der Waals surface area (Å²) < 4.78 is 42.0. The zero-order chi connectivity index (χ0) is 22.6. The van der Waals surface area contributed by atoms with E-state index in [0.717, 1.165) is 9.87 Å². The second-order valence-electron chi connectivity index (χ2n) is 6.80. The van der Waals surface area contributed by atoms with E-state index in [4.69, 9.17) is 0 Å². The predicted molar refractivity (Wildman–Crippen MR) is 118 cm³/mol. The van der Waals surface area contributed by atoms with E-state index >= 15 is 0 Å². The van der Waals surface area contributed by atoms with Crippen molar-refractivity contribution >= 4 is 39.0 Å². The van der Waals surface area contributed by atoms with Gasteiger partial charge in [0.25, 0.3) is 11.8 Å². The third-order valence-corrected chi connectivity index (χ3v) is 6.52. The molecule has 1 aromatic heterocycles. The van der Waals surface area contributed by atoms with Gasteiger partial charge in [-0.05, 0) is 47.7 Å². The molecule has 0 atom stereocenters. The van der Waals surface area contributed by atoms with Crippen LogP contribution in [0.1, 0.15) is 31.8 Å². The Labute approximate surface area is 183 Å². The largest absolute Gasteiger partial charge is 0.322 e. The molecule has 1 heterocycles. The Kier molecular flexibility index (Phi) is 6.84. The standard InChI is InChI=1S/C21H20FN3O4S2/c1-14-7-8-15(19(11-14)23-21(27)17-5-3-4-6-18(17)22)12-25(2)31(28,29)24-20(26)16-9-10-30-13-16/h3-11,13H,12H2,1-2H3,(H,23,27)(H,24,26). The molecule has 0 radical (unpaired) electrons. The Morgan fingerprint density at radius 3 is 2.52 bits per heavy atom. The number of hydrogen-bond donors (Lipinski definition) is 2. The van der Waals surface area contributed by atoms with E-state index in [1.807, 2.05) is 11.6 Å². The molecule has 10 heteroatoms. The summed E-state index contributed by atoms with van der Waals surface area (Å²) in [5.41, 5.74) is 1.77. The van der Waals surface area contributed by atoms with E-state index in [1.54, 1.807) is 35.0 Å². The molecule has 3 aromatic rings. The highest BCUT2D eigenvalue weighted by molar-refractivity contribution is 7.87. The van der Waals surface area contributed by atoms with Crippen LogP contribution in [0.5, 0.6) is 0 Å². The fourth-order valence-electron chi connectivity index (χ4n) is 2.75. The SMILES string of the molecule is Cc1ccc(CN(C)S(=O)(=O)NC(=O)c2ccsc2)c(NC(=O)c2ccccc2F)c1. The number of rotatable bonds is 7. The molecule has 31 heavy (non-hydrogen) atoms. The average Bonchev–Trinajstić information content (AvgIpc) is 3.25. The Morgan fingerprint density at radius 2 is 1.84 bits per heavy atom. The normalized spacial score (nSPS) is 11.4. The Morgan fingerprint density at radius 1 is 1.10 bits per heavy atom. The molecule has 3 rings (SSSR count). The summed E-state index contributed by atoms with van der Waals surface area (Å²) in [6, 6.07) is 12.2. The van der Waals surface area contributed by atoms with Crippen molar-refractivity contribution in [3.63, 3.8) is 0 Å². The highest BCUT2D eigenvalue weighted by Crippen LogP contribution is 2.21. The van der Waals surface area contributed by atoms with Gasteiger partial charge in [-0.2, -0.15) is 24.1 Å². The summed E-state index contributed by atoms with van der Waals surface area (Å²) in [7, 11) is -2.82. The van der Waals surface area contributed by atoms with E-state index in [0.29, 0.717) is 11.3 Å². The second kappa shape index (κ2) is 9.38. The first kappa shape index (κ1) is 22.6. The maximum absolute atomic E-state index is 13.9. The van der Waals surface area contributed by atoms with Crippen molar-refractivity contribution < 1.29 is 22.4 Å². The lowest BCUT2D eigenvalue weighted by molar-refractivity contribution is 0.0978. The molecular weight excluding hydrogens is 441 g/mol. The molecule has 0 aliphatic rings. The van der Waals surface area contributed by atoms with Crippen molar-refractivity contribution in [1.82, 2.24) is 9.03 Å². The minimum absolute atomic E-state index is 0.126. The van der Waals surface area contributed by atoms with Crippen molar-refractivity contribution in [2.24, 2.45) is 0 Å². The molecule has 0 aliphatic heterocycles. The van der Waals surface area contributed by atoms with Crippen molar-refractivity contribution in [1.29, 1.82) is 0 Å². The number of anilines is 1. The van der Waals surface area contributed by atoms with Gasteiger partial charge in [0.1, 0.15) is 5.82 Å². The molecule has 7 nitrogen and oxygen atoms in total. The van der Waals surface area contributed by atoms with Gasteiger partial charge in [0.2, 0.25) is 0 Å². The highest BCUT2D eigenvalue weighted by Gasteiger charge is 2.23. The summed E-state index contributed by atoms with van der Waals surface area (Å²) >= 11 is 1.28. The van der Waals surface area contributed by atoms with Crippen LogP contribution in [-0.2, 0) is 16.8 Å². The minimum Gasteiger partial charge on any atom is -0.322 e. The molecule has 0 spiro atoms. The van der Waals surface area contributed by atoms with Gasteiger partial charge in [-0.15, -0.1) is 0 Å². The van der Waals surface area contributed by atoms with Crippen LogP contribution in [0.25, 0.3) is 0 Å². The summed E-state index contributed by atoms with van der Waals surface area (Å²) in [6.07, 6.45) is 0. The van der Waals surface area contributed by atoms with Crippen LogP contribution in [0.15, 0.2) is 59.3 Å². The van der Waals surface area contributed by atoms with Crippen LogP contribution >= 0.6 is 11.3 Å². The van der Waals surface area contributed by atoms with Crippen molar-refractivity contribution in [3.05, 3.63) is 87.4 Å². The lowest BCUT2D eigenvalue weighted by Gasteiger charge is -2.20. The molecule has 162 valence electrons. The lowest BCUT2D eigenvalue weighted by Crippen LogP contribution is -2.41. The smallest absolute Gasteiger partial charge is 0.304 e. The first-order valence-corrected chi connectivity index (χ1v) is 11.5. The van der Waals surface area contributed by atoms with Gasteiger partial charge in [0, 0.05) is 24.7 Å². The number of carbonyl (C=O) groups excluding carboxylic acids is 2. The zero-order valence-corrected chi connectivity index (χ0v) is 18.4. The molecule has 0 bridgehead atoms. The Bertz CT molecular complexity index is 1210. The van der Waals surface area contributed by atoms with Crippen LogP contribution in [0.4, 0.5) is 10.1 Å². The van der Waals surface area contributed by atoms with E-state index in [-0.39, 0.29) is 17.7 Å². The fraction of sp³-hybridized carbons (Fsp3) is 0.143. The monoisotopic (exact) mass is 461 g/mol. The molecule has 0 saturated heterocycles. The van der Waals surface area contributed by atoms with E-state index in [2.05, 4.69) is 5.32 Å². The molecular formula is C21H20FN3O4S2. The molecule has 2 amide bonds. The number of amides is 2. The summed E-state index contributed by atoms with van der Waals surface area (Å²) in [5.74, 6) is -2.05. The molecule has 0 saturated carbocycles. The maximum atomic E-state index is 13.9. The predicted octanol–water partition coefficient (Wildman–Crippen LogP) is 3.55. The second-order valence-corrected chi connectivity index (χ2v) is 9.36. The van der Waals surface area contributed by atoms with Gasteiger partial charge in [0.05, 0.1) is 11.1 Å². The topological polar surface area (TPSA) is 95.6 Å². The number of aryl methyl sites for hydroxylation is 1. The molecule has 2 N–H and O–H groups in total. The third-order valence-electron chi connectivity index (χ3n) is 4.44. The number of carbonyl (C=O) groups is 2.